The summed E-state index contributed by atoms with van der Waals surface area (Å²) in [4.78, 5) is 12.7. The maximum atomic E-state index is 12.7. The summed E-state index contributed by atoms with van der Waals surface area (Å²) in [7, 11) is 1.60. The molecule has 2 fully saturated rings. The van der Waals surface area contributed by atoms with Crippen LogP contribution in [0.3, 0.4) is 0 Å². The summed E-state index contributed by atoms with van der Waals surface area (Å²) >= 11 is 0. The first kappa shape index (κ1) is 25.5. The van der Waals surface area contributed by atoms with Crippen LogP contribution < -0.4 is 5.32 Å². The zero-order chi connectivity index (χ0) is 22.3. The molecule has 0 aromatic carbocycles. The van der Waals surface area contributed by atoms with Crippen LogP contribution in [0.2, 0.25) is 0 Å². The smallest absolute Gasteiger partial charge is 0.311 e. The van der Waals surface area contributed by atoms with E-state index in [0.717, 1.165) is 38.8 Å². The Kier molecular flexibility index (Phi) is 10.0. The van der Waals surface area contributed by atoms with Crippen LogP contribution in [0, 0.1) is 17.8 Å². The molecule has 0 aromatic rings. The third kappa shape index (κ3) is 6.89. The Morgan fingerprint density at radius 3 is 2.60 bits per heavy atom. The fraction of sp³-hybridized carbons (Fsp3) is 0.957. The van der Waals surface area contributed by atoms with E-state index in [1.807, 2.05) is 20.8 Å². The van der Waals surface area contributed by atoms with Gasteiger partial charge in [-0.15, -0.1) is 0 Å². The predicted molar refractivity (Wildman–Crippen MR) is 115 cm³/mol. The molecule has 7 nitrogen and oxygen atoms in total. The minimum atomic E-state index is -0.754. The average molecular weight is 430 g/mol. The van der Waals surface area contributed by atoms with E-state index < -0.39 is 30.0 Å². The summed E-state index contributed by atoms with van der Waals surface area (Å²) in [5.41, 5.74) is -0.754. The molecule has 2 rings (SSSR count). The fourth-order valence-corrected chi connectivity index (χ4v) is 4.66. The first-order valence-corrected chi connectivity index (χ1v) is 11.6. The van der Waals surface area contributed by atoms with Crippen LogP contribution in [-0.2, 0) is 23.7 Å². The van der Waals surface area contributed by atoms with Gasteiger partial charge in [-0.05, 0) is 71.4 Å². The highest BCUT2D eigenvalue weighted by Crippen LogP contribution is 2.35. The standard InChI is InChI=1S/C23H43NO6/c1-15-9-11-24-10-7-8-12-28-22(26)17(3)20(16(2)13-15)30-19-14-23(5,27-6)21(25)18(4)29-19/h15-21,24-25H,7-14H2,1-6H3/t15-,16+,17+,18?,19?,20-,21?,23?/m0/s1. The van der Waals surface area contributed by atoms with Crippen LogP contribution in [0.15, 0.2) is 0 Å². The van der Waals surface area contributed by atoms with Crippen molar-refractivity contribution in [3.63, 3.8) is 0 Å². The minimum Gasteiger partial charge on any atom is -0.465 e. The lowest BCUT2D eigenvalue weighted by Crippen LogP contribution is -2.57. The summed E-state index contributed by atoms with van der Waals surface area (Å²) in [6, 6.07) is 0. The van der Waals surface area contributed by atoms with E-state index in [0.29, 0.717) is 18.9 Å². The minimum absolute atomic E-state index is 0.157. The number of hydrogen-bond donors (Lipinski definition) is 2. The number of ether oxygens (including phenoxy) is 4. The molecule has 0 radical (unpaired) electrons. The molecule has 4 unspecified atom stereocenters. The van der Waals surface area contributed by atoms with Crippen molar-refractivity contribution in [3.05, 3.63) is 0 Å². The third-order valence-electron chi connectivity index (χ3n) is 6.79. The Morgan fingerprint density at radius 2 is 1.90 bits per heavy atom. The summed E-state index contributed by atoms with van der Waals surface area (Å²) < 4.78 is 23.5. The molecule has 2 saturated heterocycles. The van der Waals surface area contributed by atoms with Crippen LogP contribution in [0.1, 0.15) is 66.7 Å². The second-order valence-electron chi connectivity index (χ2n) is 9.56. The zero-order valence-corrected chi connectivity index (χ0v) is 19.7. The van der Waals surface area contributed by atoms with Gasteiger partial charge in [-0.25, -0.2) is 0 Å². The number of cyclic esters (lactones) is 1. The molecule has 0 spiro atoms. The number of aliphatic hydroxyl groups excluding tert-OH is 1. The average Bonchev–Trinajstić information content (AvgIpc) is 2.70. The second-order valence-corrected chi connectivity index (χ2v) is 9.56. The number of methoxy groups -OCH3 is 1. The maximum absolute atomic E-state index is 12.7. The first-order chi connectivity index (χ1) is 14.2. The lowest BCUT2D eigenvalue weighted by Gasteiger charge is -2.45. The van der Waals surface area contributed by atoms with Gasteiger partial charge >= 0.3 is 5.97 Å². The lowest BCUT2D eigenvalue weighted by molar-refractivity contribution is -0.295. The molecule has 0 bridgehead atoms. The van der Waals surface area contributed by atoms with E-state index in [-0.39, 0.29) is 18.0 Å². The van der Waals surface area contributed by atoms with Crippen molar-refractivity contribution in [2.75, 3.05) is 26.8 Å². The van der Waals surface area contributed by atoms with Crippen molar-refractivity contribution in [1.82, 2.24) is 5.32 Å². The SMILES string of the molecule is COC1(C)CC(O[C@H]2[C@H](C)C[C@@H](C)CCNCCCCOC(=O)[C@@H]2C)OC(C)C1O. The van der Waals surface area contributed by atoms with Gasteiger partial charge in [0.05, 0.1) is 30.3 Å². The van der Waals surface area contributed by atoms with Crippen molar-refractivity contribution in [1.29, 1.82) is 0 Å². The molecule has 2 aliphatic rings. The van der Waals surface area contributed by atoms with E-state index in [1.165, 1.54) is 0 Å². The number of hydrogen-bond acceptors (Lipinski definition) is 7. The van der Waals surface area contributed by atoms with Crippen molar-refractivity contribution in [3.8, 4) is 0 Å². The summed E-state index contributed by atoms with van der Waals surface area (Å²) in [5, 5.41) is 14.0. The van der Waals surface area contributed by atoms with Gasteiger partial charge < -0.3 is 29.4 Å². The van der Waals surface area contributed by atoms with Gasteiger partial charge in [0.25, 0.3) is 0 Å². The molecule has 30 heavy (non-hydrogen) atoms. The monoisotopic (exact) mass is 429 g/mol. The molecule has 7 heteroatoms. The Balaban J connectivity index is 2.14. The largest absolute Gasteiger partial charge is 0.465 e. The van der Waals surface area contributed by atoms with Gasteiger partial charge in [0, 0.05) is 13.5 Å². The Hall–Kier alpha value is -0.730. The first-order valence-electron chi connectivity index (χ1n) is 11.6. The molecular formula is C23H43NO6. The second kappa shape index (κ2) is 11.8. The molecule has 0 amide bonds. The van der Waals surface area contributed by atoms with E-state index in [2.05, 4.69) is 19.2 Å². The van der Waals surface area contributed by atoms with Gasteiger partial charge in [-0.2, -0.15) is 0 Å². The van der Waals surface area contributed by atoms with Crippen LogP contribution in [0.4, 0.5) is 0 Å². The molecule has 0 saturated carbocycles. The Morgan fingerprint density at radius 1 is 1.17 bits per heavy atom. The van der Waals surface area contributed by atoms with E-state index >= 15 is 0 Å². The Bertz CT molecular complexity index is 532. The number of rotatable bonds is 3. The summed E-state index contributed by atoms with van der Waals surface area (Å²) in [5.74, 6) is 0.0582. The molecule has 0 aliphatic carbocycles. The molecular weight excluding hydrogens is 386 g/mol. The normalized spacial score (nSPS) is 42.9. The topological polar surface area (TPSA) is 86.2 Å². The fourth-order valence-electron chi connectivity index (χ4n) is 4.66. The van der Waals surface area contributed by atoms with Gasteiger partial charge in [0.1, 0.15) is 6.10 Å². The van der Waals surface area contributed by atoms with Crippen LogP contribution in [-0.4, -0.2) is 68.1 Å². The van der Waals surface area contributed by atoms with E-state index in [4.69, 9.17) is 18.9 Å². The van der Waals surface area contributed by atoms with Gasteiger partial charge in [0.2, 0.25) is 0 Å². The van der Waals surface area contributed by atoms with E-state index in [9.17, 15) is 9.90 Å². The van der Waals surface area contributed by atoms with Crippen molar-refractivity contribution in [2.45, 2.75) is 96.9 Å². The molecule has 176 valence electrons. The highest BCUT2D eigenvalue weighted by molar-refractivity contribution is 5.72. The third-order valence-corrected chi connectivity index (χ3v) is 6.79. The van der Waals surface area contributed by atoms with Gasteiger partial charge in [0.15, 0.2) is 6.29 Å². The van der Waals surface area contributed by atoms with Crippen molar-refractivity contribution in [2.24, 2.45) is 17.8 Å². The van der Waals surface area contributed by atoms with Crippen LogP contribution >= 0.6 is 0 Å². The predicted octanol–water partition coefficient (Wildman–Crippen LogP) is 2.89. The number of carbonyl (C=O) groups excluding carboxylic acids is 1. The number of nitrogens with one attached hydrogen (secondary N) is 1. The summed E-state index contributed by atoms with van der Waals surface area (Å²) in [6.45, 7) is 12.4. The zero-order valence-electron chi connectivity index (χ0n) is 19.7. The highest BCUT2D eigenvalue weighted by atomic mass is 16.7. The molecule has 2 heterocycles. The van der Waals surface area contributed by atoms with Crippen LogP contribution in [0.25, 0.3) is 0 Å². The van der Waals surface area contributed by atoms with Crippen molar-refractivity contribution >= 4 is 5.97 Å². The Labute approximate surface area is 182 Å². The van der Waals surface area contributed by atoms with Gasteiger partial charge in [-0.1, -0.05) is 13.8 Å². The number of aliphatic hydroxyl groups is 1. The number of esters is 1. The number of carbonyl (C=O) groups is 1. The van der Waals surface area contributed by atoms with Crippen molar-refractivity contribution < 1.29 is 28.8 Å². The quantitative estimate of drug-likeness (QED) is 0.667. The molecule has 0 aromatic heterocycles. The maximum Gasteiger partial charge on any atom is 0.311 e. The summed E-state index contributed by atoms with van der Waals surface area (Å²) in [6.07, 6.45) is 2.27. The van der Waals surface area contributed by atoms with Crippen LogP contribution in [0.5, 0.6) is 0 Å². The molecule has 2 aliphatic heterocycles. The highest BCUT2D eigenvalue weighted by Gasteiger charge is 2.46. The molecule has 2 N–H and O–H groups in total. The van der Waals surface area contributed by atoms with Gasteiger partial charge in [-0.3, -0.25) is 4.79 Å². The van der Waals surface area contributed by atoms with E-state index in [1.54, 1.807) is 7.11 Å². The molecule has 8 atom stereocenters. The lowest BCUT2D eigenvalue weighted by atomic mass is 9.85.